The van der Waals surface area contributed by atoms with Crippen molar-refractivity contribution in [2.45, 2.75) is 86.2 Å². The Bertz CT molecular complexity index is 276. The van der Waals surface area contributed by atoms with Gasteiger partial charge >= 0.3 is 0 Å². The molecular formula is C19H37F. The van der Waals surface area contributed by atoms with E-state index in [1.54, 1.807) is 13.8 Å². The molecule has 0 radical (unpaired) electrons. The molecule has 0 aliphatic heterocycles. The second-order valence-electron chi connectivity index (χ2n) is 8.62. The Hall–Kier alpha value is -0.0700. The van der Waals surface area contributed by atoms with Gasteiger partial charge in [0.15, 0.2) is 0 Å². The summed E-state index contributed by atoms with van der Waals surface area (Å²) in [6, 6.07) is 0. The van der Waals surface area contributed by atoms with E-state index in [0.29, 0.717) is 11.8 Å². The maximum Gasteiger partial charge on any atom is 0.108 e. The summed E-state index contributed by atoms with van der Waals surface area (Å²) in [4.78, 5) is 0. The predicted octanol–water partition coefficient (Wildman–Crippen LogP) is 6.50. The molecule has 0 N–H and O–H groups in total. The van der Waals surface area contributed by atoms with E-state index in [-0.39, 0.29) is 5.92 Å². The molecule has 1 rings (SSSR count). The van der Waals surface area contributed by atoms with Crippen molar-refractivity contribution in [3.63, 3.8) is 0 Å². The molecule has 120 valence electrons. The number of hydrogen-bond donors (Lipinski definition) is 0. The van der Waals surface area contributed by atoms with Crippen molar-refractivity contribution in [3.05, 3.63) is 0 Å². The van der Waals surface area contributed by atoms with Crippen molar-refractivity contribution in [2.24, 2.45) is 35.5 Å². The summed E-state index contributed by atoms with van der Waals surface area (Å²) >= 11 is 0. The zero-order valence-corrected chi connectivity index (χ0v) is 14.9. The third kappa shape index (κ3) is 5.37. The Morgan fingerprint density at radius 3 is 2.10 bits per heavy atom. The molecule has 1 aliphatic rings. The second-order valence-corrected chi connectivity index (χ2v) is 8.62. The second kappa shape index (κ2) is 7.27. The Morgan fingerprint density at radius 1 is 1.10 bits per heavy atom. The fourth-order valence-electron chi connectivity index (χ4n) is 4.23. The van der Waals surface area contributed by atoms with Crippen LogP contribution in [-0.2, 0) is 0 Å². The average Bonchev–Trinajstić information content (AvgIpc) is 2.69. The van der Waals surface area contributed by atoms with Crippen LogP contribution in [0.2, 0.25) is 0 Å². The van der Waals surface area contributed by atoms with Crippen LogP contribution in [-0.4, -0.2) is 5.67 Å². The number of rotatable bonds is 7. The van der Waals surface area contributed by atoms with Crippen LogP contribution >= 0.6 is 0 Å². The van der Waals surface area contributed by atoms with Gasteiger partial charge in [0.05, 0.1) is 0 Å². The first kappa shape index (κ1) is 18.0. The molecule has 1 heteroatoms. The van der Waals surface area contributed by atoms with Gasteiger partial charge in [0.2, 0.25) is 0 Å². The van der Waals surface area contributed by atoms with E-state index < -0.39 is 5.67 Å². The first-order chi connectivity index (χ1) is 9.11. The van der Waals surface area contributed by atoms with Crippen molar-refractivity contribution in [3.8, 4) is 0 Å². The molecule has 0 spiro atoms. The Labute approximate surface area is 126 Å². The highest BCUT2D eigenvalue weighted by atomic mass is 19.1. The Kier molecular flexibility index (Phi) is 6.54. The maximum absolute atomic E-state index is 14.3. The summed E-state index contributed by atoms with van der Waals surface area (Å²) in [5.74, 6) is 3.82. The topological polar surface area (TPSA) is 0 Å². The van der Waals surface area contributed by atoms with Crippen LogP contribution in [0.25, 0.3) is 0 Å². The van der Waals surface area contributed by atoms with Crippen LogP contribution < -0.4 is 0 Å². The quantitative estimate of drug-likeness (QED) is 0.501. The molecule has 5 unspecified atom stereocenters. The van der Waals surface area contributed by atoms with Crippen molar-refractivity contribution in [2.75, 3.05) is 0 Å². The summed E-state index contributed by atoms with van der Waals surface area (Å²) in [5.41, 5.74) is -1.06. The predicted molar refractivity (Wildman–Crippen MR) is 87.6 cm³/mol. The lowest BCUT2D eigenvalue weighted by Gasteiger charge is -2.36. The normalized spacial score (nSPS) is 28.6. The van der Waals surface area contributed by atoms with Gasteiger partial charge in [-0.05, 0) is 68.6 Å². The van der Waals surface area contributed by atoms with E-state index in [0.717, 1.165) is 17.8 Å². The minimum absolute atomic E-state index is 0.146. The molecule has 0 aromatic heterocycles. The minimum atomic E-state index is -1.06. The molecule has 0 saturated heterocycles. The molecule has 0 aromatic rings. The molecule has 5 atom stereocenters. The Morgan fingerprint density at radius 2 is 1.70 bits per heavy atom. The molecule has 1 saturated carbocycles. The minimum Gasteiger partial charge on any atom is -0.244 e. The fraction of sp³-hybridized carbons (Fsp3) is 1.00. The van der Waals surface area contributed by atoms with Crippen LogP contribution in [0.1, 0.15) is 80.6 Å². The van der Waals surface area contributed by atoms with Gasteiger partial charge in [-0.2, -0.15) is 0 Å². The third-order valence-electron chi connectivity index (χ3n) is 5.79. The third-order valence-corrected chi connectivity index (χ3v) is 5.79. The monoisotopic (exact) mass is 284 g/mol. The van der Waals surface area contributed by atoms with Crippen LogP contribution in [0, 0.1) is 35.5 Å². The van der Waals surface area contributed by atoms with E-state index in [2.05, 4.69) is 34.6 Å². The first-order valence-electron chi connectivity index (χ1n) is 8.80. The molecule has 0 amide bonds. The molecule has 0 aromatic carbocycles. The molecule has 1 fully saturated rings. The molecule has 20 heavy (non-hydrogen) atoms. The van der Waals surface area contributed by atoms with Crippen molar-refractivity contribution in [1.82, 2.24) is 0 Å². The van der Waals surface area contributed by atoms with Gasteiger partial charge in [-0.15, -0.1) is 0 Å². The molecule has 0 nitrogen and oxygen atoms in total. The highest BCUT2D eigenvalue weighted by Crippen LogP contribution is 2.40. The summed E-state index contributed by atoms with van der Waals surface area (Å²) in [6.45, 7) is 14.9. The Balaban J connectivity index is 2.53. The van der Waals surface area contributed by atoms with E-state index in [1.807, 2.05) is 0 Å². The maximum atomic E-state index is 14.3. The van der Waals surface area contributed by atoms with E-state index >= 15 is 0 Å². The zero-order chi connectivity index (χ0) is 15.5. The van der Waals surface area contributed by atoms with Crippen molar-refractivity contribution in [1.29, 1.82) is 0 Å². The van der Waals surface area contributed by atoms with Gasteiger partial charge in [-0.3, -0.25) is 0 Å². The van der Waals surface area contributed by atoms with Crippen molar-refractivity contribution >= 4 is 0 Å². The fourth-order valence-corrected chi connectivity index (χ4v) is 4.23. The largest absolute Gasteiger partial charge is 0.244 e. The summed E-state index contributed by atoms with van der Waals surface area (Å²) in [7, 11) is 0. The van der Waals surface area contributed by atoms with Crippen LogP contribution in [0.15, 0.2) is 0 Å². The van der Waals surface area contributed by atoms with Gasteiger partial charge in [0.25, 0.3) is 0 Å². The molecule has 0 heterocycles. The van der Waals surface area contributed by atoms with Gasteiger partial charge in [0.1, 0.15) is 5.67 Å². The lowest BCUT2D eigenvalue weighted by molar-refractivity contribution is 0.0579. The summed E-state index contributed by atoms with van der Waals surface area (Å²) < 4.78 is 14.3. The number of halogens is 1. The average molecular weight is 285 g/mol. The van der Waals surface area contributed by atoms with Gasteiger partial charge in [-0.25, -0.2) is 4.39 Å². The van der Waals surface area contributed by atoms with Gasteiger partial charge in [0, 0.05) is 0 Å². The van der Waals surface area contributed by atoms with Crippen LogP contribution in [0.3, 0.4) is 0 Å². The lowest BCUT2D eigenvalue weighted by Crippen LogP contribution is -2.34. The van der Waals surface area contributed by atoms with E-state index in [1.165, 1.54) is 32.1 Å². The first-order valence-corrected chi connectivity index (χ1v) is 8.80. The van der Waals surface area contributed by atoms with E-state index in [9.17, 15) is 4.39 Å². The molecular weight excluding hydrogens is 247 g/mol. The van der Waals surface area contributed by atoms with Crippen molar-refractivity contribution < 1.29 is 4.39 Å². The number of hydrogen-bond acceptors (Lipinski definition) is 0. The molecule has 1 aliphatic carbocycles. The van der Waals surface area contributed by atoms with Gasteiger partial charge in [-0.1, -0.05) is 47.5 Å². The van der Waals surface area contributed by atoms with Crippen LogP contribution in [0.4, 0.5) is 4.39 Å². The summed E-state index contributed by atoms with van der Waals surface area (Å²) in [6.07, 6.45) is 6.80. The van der Waals surface area contributed by atoms with Crippen LogP contribution in [0.5, 0.6) is 0 Å². The summed E-state index contributed by atoms with van der Waals surface area (Å²) in [5, 5.41) is 0. The zero-order valence-electron chi connectivity index (χ0n) is 14.9. The lowest BCUT2D eigenvalue weighted by atomic mass is 9.72. The number of alkyl halides is 1. The highest BCUT2D eigenvalue weighted by molar-refractivity contribution is 4.84. The molecule has 0 bridgehead atoms. The smallest absolute Gasteiger partial charge is 0.108 e. The SMILES string of the molecule is CC1CCC(CC(C)CC(C(C)C)C(C)C(C)(C)F)C1. The highest BCUT2D eigenvalue weighted by Gasteiger charge is 2.35. The standard InChI is InChI=1S/C19H37F/c1-13(2)18(16(5)19(6,7)20)12-15(4)11-17-9-8-14(3)10-17/h13-18H,8-12H2,1-7H3. The van der Waals surface area contributed by atoms with Gasteiger partial charge < -0.3 is 0 Å². The van der Waals surface area contributed by atoms with E-state index in [4.69, 9.17) is 0 Å².